The van der Waals surface area contributed by atoms with Crippen LogP contribution in [0.15, 0.2) is 0 Å². The Bertz CT molecular complexity index is 230. The normalized spacial score (nSPS) is 19.8. The van der Waals surface area contributed by atoms with Crippen LogP contribution in [0.3, 0.4) is 0 Å². The van der Waals surface area contributed by atoms with Gasteiger partial charge >= 0.3 is 6.03 Å². The number of nitrogens with zero attached hydrogens (tertiary/aromatic N) is 1. The molecule has 6 heteroatoms. The molecule has 0 aromatic rings. The monoisotopic (exact) mass is 207 g/mol. The van der Waals surface area contributed by atoms with Gasteiger partial charge in [0.25, 0.3) is 5.91 Å². The summed E-state index contributed by atoms with van der Waals surface area (Å²) in [6.45, 7) is 3.93. The number of hydrogen-bond acceptors (Lipinski definition) is 3. The van der Waals surface area contributed by atoms with Crippen molar-refractivity contribution >= 4 is 24.3 Å². The van der Waals surface area contributed by atoms with Gasteiger partial charge in [-0.1, -0.05) is 0 Å². The molecular formula is C7H14ClN3O2. The number of carbonyl (C=O) groups excluding carboxylic acids is 2. The Morgan fingerprint density at radius 2 is 2.00 bits per heavy atom. The summed E-state index contributed by atoms with van der Waals surface area (Å²) in [6.07, 6.45) is 0. The van der Waals surface area contributed by atoms with E-state index in [0.29, 0.717) is 6.54 Å². The summed E-state index contributed by atoms with van der Waals surface area (Å²) in [5.41, 5.74) is 4.48. The number of hydrogen-bond donors (Lipinski definition) is 2. The zero-order valence-corrected chi connectivity index (χ0v) is 8.48. The quantitative estimate of drug-likeness (QED) is 0.611. The summed E-state index contributed by atoms with van der Waals surface area (Å²) in [5, 5.41) is 2.56. The molecule has 76 valence electrons. The lowest BCUT2D eigenvalue weighted by molar-refractivity contribution is -0.130. The van der Waals surface area contributed by atoms with Gasteiger partial charge < -0.3 is 11.1 Å². The lowest BCUT2D eigenvalue weighted by Gasteiger charge is -2.14. The third-order valence-electron chi connectivity index (χ3n) is 1.80. The zero-order chi connectivity index (χ0) is 9.35. The molecule has 5 nitrogen and oxygen atoms in total. The minimum atomic E-state index is -0.772. The maximum Gasteiger partial charge on any atom is 0.325 e. The van der Waals surface area contributed by atoms with E-state index in [4.69, 9.17) is 5.73 Å². The van der Waals surface area contributed by atoms with Crippen LogP contribution in [0.5, 0.6) is 0 Å². The molecule has 1 rings (SSSR count). The van der Waals surface area contributed by atoms with E-state index in [9.17, 15) is 9.59 Å². The Balaban J connectivity index is 0.00000144. The maximum atomic E-state index is 11.4. The molecule has 0 spiro atoms. The fourth-order valence-electron chi connectivity index (χ4n) is 1.15. The van der Waals surface area contributed by atoms with Crippen molar-refractivity contribution < 1.29 is 9.59 Å². The molecule has 0 bridgehead atoms. The van der Waals surface area contributed by atoms with E-state index >= 15 is 0 Å². The van der Waals surface area contributed by atoms with E-state index < -0.39 is 5.54 Å². The molecule has 0 aliphatic carbocycles. The van der Waals surface area contributed by atoms with Crippen LogP contribution < -0.4 is 11.1 Å². The van der Waals surface area contributed by atoms with Gasteiger partial charge in [-0.25, -0.2) is 4.79 Å². The van der Waals surface area contributed by atoms with Crippen LogP contribution in [0.2, 0.25) is 0 Å². The average molecular weight is 208 g/mol. The molecule has 1 saturated heterocycles. The van der Waals surface area contributed by atoms with E-state index in [-0.39, 0.29) is 30.9 Å². The molecule has 3 N–H and O–H groups in total. The molecule has 1 heterocycles. The van der Waals surface area contributed by atoms with Gasteiger partial charge in [0.15, 0.2) is 0 Å². The van der Waals surface area contributed by atoms with Crippen LogP contribution in [0, 0.1) is 0 Å². The standard InChI is InChI=1S/C7H13N3O2.ClH/c1-7(2)5(11)10(4-3-8)6(12)9-7;/h3-4,8H2,1-2H3,(H,9,12);1H. The van der Waals surface area contributed by atoms with Crippen LogP contribution >= 0.6 is 12.4 Å². The highest BCUT2D eigenvalue weighted by atomic mass is 35.5. The van der Waals surface area contributed by atoms with E-state index in [0.717, 1.165) is 4.90 Å². The van der Waals surface area contributed by atoms with Crippen molar-refractivity contribution in [1.82, 2.24) is 10.2 Å². The van der Waals surface area contributed by atoms with Crippen molar-refractivity contribution in [3.8, 4) is 0 Å². The van der Waals surface area contributed by atoms with E-state index in [1.807, 2.05) is 0 Å². The van der Waals surface area contributed by atoms with Crippen LogP contribution in [0.25, 0.3) is 0 Å². The molecule has 1 fully saturated rings. The lowest BCUT2D eigenvalue weighted by Crippen LogP contribution is -2.41. The van der Waals surface area contributed by atoms with Crippen molar-refractivity contribution in [3.05, 3.63) is 0 Å². The second kappa shape index (κ2) is 3.93. The van der Waals surface area contributed by atoms with Gasteiger partial charge in [0, 0.05) is 13.1 Å². The van der Waals surface area contributed by atoms with Crippen molar-refractivity contribution in [1.29, 1.82) is 0 Å². The van der Waals surface area contributed by atoms with E-state index in [1.165, 1.54) is 0 Å². The molecule has 0 radical (unpaired) electrons. The second-order valence-corrected chi connectivity index (χ2v) is 3.30. The van der Waals surface area contributed by atoms with Crippen molar-refractivity contribution in [2.24, 2.45) is 5.73 Å². The predicted molar refractivity (Wildman–Crippen MR) is 50.6 cm³/mol. The molecule has 1 aliphatic heterocycles. The second-order valence-electron chi connectivity index (χ2n) is 3.30. The van der Waals surface area contributed by atoms with Crippen LogP contribution in [-0.4, -0.2) is 35.5 Å². The van der Waals surface area contributed by atoms with Gasteiger partial charge in [0.05, 0.1) is 0 Å². The fourth-order valence-corrected chi connectivity index (χ4v) is 1.15. The maximum absolute atomic E-state index is 11.4. The SMILES string of the molecule is CC1(C)NC(=O)N(CCN)C1=O.Cl. The Kier molecular flexibility index (Phi) is 3.69. The smallest absolute Gasteiger partial charge is 0.325 e. The van der Waals surface area contributed by atoms with Gasteiger partial charge in [-0.3, -0.25) is 9.69 Å². The minimum Gasteiger partial charge on any atom is -0.329 e. The van der Waals surface area contributed by atoms with Gasteiger partial charge in [-0.2, -0.15) is 0 Å². The summed E-state index contributed by atoms with van der Waals surface area (Å²) in [5.74, 6) is -0.210. The van der Waals surface area contributed by atoms with Crippen LogP contribution in [-0.2, 0) is 4.79 Å². The van der Waals surface area contributed by atoms with Crippen molar-refractivity contribution in [2.75, 3.05) is 13.1 Å². The summed E-state index contributed by atoms with van der Waals surface area (Å²) >= 11 is 0. The molecule has 0 saturated carbocycles. The lowest BCUT2D eigenvalue weighted by atomic mass is 10.1. The third-order valence-corrected chi connectivity index (χ3v) is 1.80. The van der Waals surface area contributed by atoms with Gasteiger partial charge in [0.1, 0.15) is 5.54 Å². The molecule has 0 aromatic heterocycles. The average Bonchev–Trinajstić information content (AvgIpc) is 2.13. The topological polar surface area (TPSA) is 75.4 Å². The Labute approximate surface area is 83.0 Å². The molecule has 0 unspecified atom stereocenters. The third kappa shape index (κ3) is 2.10. The zero-order valence-electron chi connectivity index (χ0n) is 7.66. The first-order chi connectivity index (χ1) is 5.49. The first-order valence-corrected chi connectivity index (χ1v) is 3.83. The minimum absolute atomic E-state index is 0. The number of carbonyl (C=O) groups is 2. The van der Waals surface area contributed by atoms with E-state index in [1.54, 1.807) is 13.8 Å². The largest absolute Gasteiger partial charge is 0.329 e. The number of nitrogens with two attached hydrogens (primary N) is 1. The molecule has 13 heavy (non-hydrogen) atoms. The van der Waals surface area contributed by atoms with Crippen molar-refractivity contribution in [3.63, 3.8) is 0 Å². The molecular weight excluding hydrogens is 194 g/mol. The highest BCUT2D eigenvalue weighted by Gasteiger charge is 2.43. The molecule has 0 aromatic carbocycles. The van der Waals surface area contributed by atoms with Gasteiger partial charge in [0.2, 0.25) is 0 Å². The summed E-state index contributed by atoms with van der Waals surface area (Å²) in [4.78, 5) is 23.7. The van der Waals surface area contributed by atoms with Gasteiger partial charge in [-0.15, -0.1) is 12.4 Å². The summed E-state index contributed by atoms with van der Waals surface area (Å²) < 4.78 is 0. The number of imide groups is 1. The van der Waals surface area contributed by atoms with Crippen LogP contribution in [0.1, 0.15) is 13.8 Å². The Hall–Kier alpha value is -0.810. The predicted octanol–water partition coefficient (Wildman–Crippen LogP) is -0.303. The number of amides is 3. The van der Waals surface area contributed by atoms with Crippen molar-refractivity contribution in [2.45, 2.75) is 19.4 Å². The molecule has 3 amide bonds. The number of halogens is 1. The first kappa shape index (κ1) is 12.2. The number of rotatable bonds is 2. The summed E-state index contributed by atoms with van der Waals surface area (Å²) in [7, 11) is 0. The molecule has 1 aliphatic rings. The molecule has 0 atom stereocenters. The Morgan fingerprint density at radius 3 is 2.31 bits per heavy atom. The van der Waals surface area contributed by atoms with E-state index in [2.05, 4.69) is 5.32 Å². The fraction of sp³-hybridized carbons (Fsp3) is 0.714. The van der Waals surface area contributed by atoms with Crippen LogP contribution in [0.4, 0.5) is 4.79 Å². The summed E-state index contributed by atoms with van der Waals surface area (Å²) in [6, 6.07) is -0.351. The Morgan fingerprint density at radius 1 is 1.46 bits per heavy atom. The highest BCUT2D eigenvalue weighted by Crippen LogP contribution is 2.15. The van der Waals surface area contributed by atoms with Gasteiger partial charge in [-0.05, 0) is 13.8 Å². The number of urea groups is 1. The number of nitrogens with one attached hydrogen (secondary N) is 1. The highest BCUT2D eigenvalue weighted by molar-refractivity contribution is 6.06. The first-order valence-electron chi connectivity index (χ1n) is 3.83.